The van der Waals surface area contributed by atoms with Gasteiger partial charge in [-0.1, -0.05) is 12.1 Å². The van der Waals surface area contributed by atoms with Gasteiger partial charge in [0.2, 0.25) is 5.54 Å². The molecule has 1 aliphatic rings. The normalized spacial score (nSPS) is 15.3. The minimum Gasteiger partial charge on any atom is -0.464 e. The fourth-order valence-corrected chi connectivity index (χ4v) is 4.44. The van der Waals surface area contributed by atoms with E-state index in [0.717, 1.165) is 6.92 Å². The highest BCUT2D eigenvalue weighted by molar-refractivity contribution is 6.08. The van der Waals surface area contributed by atoms with E-state index in [1.807, 2.05) is 0 Å². The zero-order valence-electron chi connectivity index (χ0n) is 21.8. The molecule has 0 amide bonds. The number of hydrogen-bond acceptors (Lipinski definition) is 11. The molecule has 1 heterocycles. The largest absolute Gasteiger partial charge is 0.464 e. The summed E-state index contributed by atoms with van der Waals surface area (Å²) < 4.78 is 21.7. The van der Waals surface area contributed by atoms with Crippen LogP contribution in [0, 0.1) is 24.0 Å². The first kappa shape index (κ1) is 28.3. The predicted octanol–water partition coefficient (Wildman–Crippen LogP) is 3.08. The number of hydrogen-bond donors (Lipinski definition) is 1. The number of carbonyl (C=O) groups excluding carboxylic acids is 4. The van der Waals surface area contributed by atoms with E-state index < -0.39 is 40.4 Å². The number of esters is 4. The van der Waals surface area contributed by atoms with Gasteiger partial charge in [-0.15, -0.1) is 0 Å². The Morgan fingerprint density at radius 1 is 0.895 bits per heavy atom. The van der Waals surface area contributed by atoms with Gasteiger partial charge in [-0.2, -0.15) is 0 Å². The number of nitrogens with one attached hydrogen (secondary N) is 1. The maximum Gasteiger partial charge on any atom is 0.343 e. The average Bonchev–Trinajstić information content (AvgIpc) is 3.21. The van der Waals surface area contributed by atoms with Crippen molar-refractivity contribution in [2.24, 2.45) is 0 Å². The molecule has 0 radical (unpaired) electrons. The number of nitrogens with zero attached hydrogens (tertiary/aromatic N) is 1. The lowest BCUT2D eigenvalue weighted by atomic mass is 9.84. The Balaban J connectivity index is 2.52. The van der Waals surface area contributed by atoms with Crippen LogP contribution >= 0.6 is 0 Å². The third-order valence-electron chi connectivity index (χ3n) is 6.10. The van der Waals surface area contributed by atoms with Crippen LogP contribution in [0.15, 0.2) is 24.3 Å². The topological polar surface area (TPSA) is 160 Å². The van der Waals surface area contributed by atoms with Gasteiger partial charge >= 0.3 is 23.9 Å². The van der Waals surface area contributed by atoms with Crippen molar-refractivity contribution in [3.05, 3.63) is 62.2 Å². The van der Waals surface area contributed by atoms with Crippen molar-refractivity contribution in [1.29, 1.82) is 0 Å². The van der Waals surface area contributed by atoms with Gasteiger partial charge in [0.15, 0.2) is 0 Å². The standard InChI is InChI=1S/C26H28N2O10/c1-7-35-24(31)26(25(32)36-8-2)20-19(21(27-26)17-9-11-18(12-10-17)28(33)34)22(37-15(5)29)13(3)14(4)23(20)38-16(6)30/h9-12,21,27H,7-8H2,1-6H3/t21-/m1/s1. The van der Waals surface area contributed by atoms with Crippen LogP contribution in [0.1, 0.15) is 61.6 Å². The second-order valence-corrected chi connectivity index (χ2v) is 8.50. The van der Waals surface area contributed by atoms with Gasteiger partial charge in [0.25, 0.3) is 5.69 Å². The highest BCUT2D eigenvalue weighted by Crippen LogP contribution is 2.53. The van der Waals surface area contributed by atoms with Gasteiger partial charge in [-0.05, 0) is 44.4 Å². The van der Waals surface area contributed by atoms with Crippen LogP contribution in [0.5, 0.6) is 11.5 Å². The lowest BCUT2D eigenvalue weighted by Gasteiger charge is -2.28. The minimum absolute atomic E-state index is 0.0345. The lowest BCUT2D eigenvalue weighted by Crippen LogP contribution is -2.54. The molecule has 0 unspecified atom stereocenters. The monoisotopic (exact) mass is 528 g/mol. The van der Waals surface area contributed by atoms with Crippen LogP contribution < -0.4 is 14.8 Å². The summed E-state index contributed by atoms with van der Waals surface area (Å²) in [6.07, 6.45) is 0. The molecule has 0 saturated carbocycles. The van der Waals surface area contributed by atoms with E-state index in [1.54, 1.807) is 27.7 Å². The first-order chi connectivity index (χ1) is 17.9. The van der Waals surface area contributed by atoms with Crippen molar-refractivity contribution < 1.29 is 43.0 Å². The van der Waals surface area contributed by atoms with Crippen LogP contribution in [0.25, 0.3) is 0 Å². The third-order valence-corrected chi connectivity index (χ3v) is 6.10. The molecule has 2 aromatic carbocycles. The van der Waals surface area contributed by atoms with Crippen LogP contribution in [0.4, 0.5) is 5.69 Å². The number of ether oxygens (including phenoxy) is 4. The number of non-ortho nitro benzene ring substituents is 1. The molecule has 1 N–H and O–H groups in total. The lowest BCUT2D eigenvalue weighted by molar-refractivity contribution is -0.384. The zero-order valence-corrected chi connectivity index (χ0v) is 21.8. The molecule has 12 nitrogen and oxygen atoms in total. The number of rotatable bonds is 8. The molecule has 0 spiro atoms. The van der Waals surface area contributed by atoms with Crippen molar-refractivity contribution in [3.8, 4) is 11.5 Å². The first-order valence-electron chi connectivity index (χ1n) is 11.8. The molecule has 202 valence electrons. The van der Waals surface area contributed by atoms with Gasteiger partial charge in [0.05, 0.1) is 24.2 Å². The summed E-state index contributed by atoms with van der Waals surface area (Å²) in [7, 11) is 0. The number of benzene rings is 2. The number of nitro benzene ring substituents is 1. The van der Waals surface area contributed by atoms with Crippen molar-refractivity contribution >= 4 is 29.6 Å². The summed E-state index contributed by atoms with van der Waals surface area (Å²) in [5.74, 6) is -3.53. The van der Waals surface area contributed by atoms with E-state index in [2.05, 4.69) is 5.32 Å². The van der Waals surface area contributed by atoms with E-state index in [4.69, 9.17) is 18.9 Å². The molecule has 38 heavy (non-hydrogen) atoms. The molecule has 0 bridgehead atoms. The molecule has 0 aromatic heterocycles. The molecule has 0 fully saturated rings. The predicted molar refractivity (Wildman–Crippen MR) is 132 cm³/mol. The van der Waals surface area contributed by atoms with Gasteiger partial charge in [-0.25, -0.2) is 9.59 Å². The number of nitro groups is 1. The molecule has 12 heteroatoms. The second-order valence-electron chi connectivity index (χ2n) is 8.50. The quantitative estimate of drug-likeness (QED) is 0.176. The Morgan fingerprint density at radius 3 is 1.82 bits per heavy atom. The zero-order chi connectivity index (χ0) is 28.4. The summed E-state index contributed by atoms with van der Waals surface area (Å²) in [4.78, 5) is 62.2. The minimum atomic E-state index is -2.33. The molecule has 2 aromatic rings. The van der Waals surface area contributed by atoms with Gasteiger partial charge in [0.1, 0.15) is 11.5 Å². The van der Waals surface area contributed by atoms with Crippen molar-refractivity contribution in [3.63, 3.8) is 0 Å². The van der Waals surface area contributed by atoms with Crippen molar-refractivity contribution in [2.75, 3.05) is 13.2 Å². The number of carbonyl (C=O) groups is 4. The van der Waals surface area contributed by atoms with E-state index in [9.17, 15) is 29.3 Å². The molecule has 1 aliphatic heterocycles. The first-order valence-corrected chi connectivity index (χ1v) is 11.8. The molecule has 1 atom stereocenters. The third kappa shape index (κ3) is 4.82. The Morgan fingerprint density at radius 2 is 1.37 bits per heavy atom. The Bertz CT molecular complexity index is 1300. The highest BCUT2D eigenvalue weighted by Gasteiger charge is 2.61. The SMILES string of the molecule is CCOC(=O)C1(C(=O)OCC)N[C@H](c2ccc([N+](=O)[O-])cc2)c2c(OC(C)=O)c(C)c(C)c(OC(C)=O)c21. The molecule has 3 rings (SSSR count). The summed E-state index contributed by atoms with van der Waals surface area (Å²) >= 11 is 0. The van der Waals surface area contributed by atoms with Crippen molar-refractivity contribution in [2.45, 2.75) is 53.1 Å². The van der Waals surface area contributed by atoms with Gasteiger partial charge in [-0.3, -0.25) is 25.0 Å². The molecule has 0 saturated heterocycles. The van der Waals surface area contributed by atoms with Crippen molar-refractivity contribution in [1.82, 2.24) is 5.32 Å². The van der Waals surface area contributed by atoms with Crippen LogP contribution in [0.3, 0.4) is 0 Å². The Labute approximate surface area is 218 Å². The van der Waals surface area contributed by atoms with E-state index in [-0.39, 0.29) is 41.5 Å². The maximum atomic E-state index is 13.6. The molecule has 0 aliphatic carbocycles. The van der Waals surface area contributed by atoms with Crippen LogP contribution in [0.2, 0.25) is 0 Å². The van der Waals surface area contributed by atoms with Crippen LogP contribution in [-0.2, 0) is 34.2 Å². The fraction of sp³-hybridized carbons (Fsp3) is 0.385. The smallest absolute Gasteiger partial charge is 0.343 e. The molecular weight excluding hydrogens is 500 g/mol. The average molecular weight is 529 g/mol. The summed E-state index contributed by atoms with van der Waals surface area (Å²) in [6, 6.07) is 4.34. The van der Waals surface area contributed by atoms with E-state index in [0.29, 0.717) is 16.7 Å². The summed E-state index contributed by atoms with van der Waals surface area (Å²) in [5.41, 5.74) is -1.34. The highest BCUT2D eigenvalue weighted by atomic mass is 16.6. The second kappa shape index (κ2) is 11.0. The van der Waals surface area contributed by atoms with E-state index in [1.165, 1.54) is 31.2 Å². The van der Waals surface area contributed by atoms with Crippen LogP contribution in [-0.4, -0.2) is 42.0 Å². The molecular formula is C26H28N2O10. The summed E-state index contributed by atoms with van der Waals surface area (Å²) in [5, 5.41) is 14.2. The maximum absolute atomic E-state index is 13.6. The Kier molecular flexibility index (Phi) is 8.16. The van der Waals surface area contributed by atoms with Gasteiger partial charge < -0.3 is 18.9 Å². The van der Waals surface area contributed by atoms with Gasteiger partial charge in [0, 0.05) is 37.1 Å². The fourth-order valence-electron chi connectivity index (χ4n) is 4.44. The van der Waals surface area contributed by atoms with E-state index >= 15 is 0 Å². The summed E-state index contributed by atoms with van der Waals surface area (Å²) in [6.45, 7) is 8.48. The number of fused-ring (bicyclic) bond motifs is 1. The Hall–Kier alpha value is -4.32.